The highest BCUT2D eigenvalue weighted by Crippen LogP contribution is 2.44. The first-order valence-electron chi connectivity index (χ1n) is 10.8. The van der Waals surface area contributed by atoms with Crippen molar-refractivity contribution in [2.45, 2.75) is 19.9 Å². The zero-order valence-corrected chi connectivity index (χ0v) is 17.8. The molecular weight excluding hydrogens is 394 g/mol. The number of hydrogen-bond acceptors (Lipinski definition) is 7. The van der Waals surface area contributed by atoms with E-state index >= 15 is 0 Å². The van der Waals surface area contributed by atoms with Crippen LogP contribution in [0.2, 0.25) is 0 Å². The van der Waals surface area contributed by atoms with E-state index in [0.29, 0.717) is 23.8 Å². The Balaban J connectivity index is 1.32. The van der Waals surface area contributed by atoms with Crippen LogP contribution in [0.4, 0.5) is 0 Å². The van der Waals surface area contributed by atoms with E-state index in [0.717, 1.165) is 74.8 Å². The van der Waals surface area contributed by atoms with E-state index in [1.54, 1.807) is 18.5 Å². The summed E-state index contributed by atoms with van der Waals surface area (Å²) in [6, 6.07) is 5.68. The molecule has 0 unspecified atom stereocenters. The van der Waals surface area contributed by atoms with Gasteiger partial charge in [0, 0.05) is 38.6 Å². The number of nitrogens with zero attached hydrogens (tertiary/aromatic N) is 3. The van der Waals surface area contributed by atoms with Crippen molar-refractivity contribution in [3.63, 3.8) is 0 Å². The van der Waals surface area contributed by atoms with E-state index in [-0.39, 0.29) is 5.78 Å². The second kappa shape index (κ2) is 8.78. The third-order valence-electron chi connectivity index (χ3n) is 6.04. The lowest BCUT2D eigenvalue weighted by molar-refractivity contribution is 0.0329. The molecule has 0 atom stereocenters. The van der Waals surface area contributed by atoms with Crippen LogP contribution < -0.4 is 9.47 Å². The summed E-state index contributed by atoms with van der Waals surface area (Å²) in [5.74, 6) is 1.75. The summed E-state index contributed by atoms with van der Waals surface area (Å²) in [6.45, 7) is 8.88. The molecule has 7 heteroatoms. The molecule has 0 aliphatic carbocycles. The number of fused-ring (bicyclic) bond motifs is 3. The maximum atomic E-state index is 13.1. The molecule has 1 aromatic carbocycles. The number of carbonyl (C=O) groups excluding carboxylic acids is 1. The number of allylic oxidation sites excluding steroid dienone is 1. The number of aryl methyl sites for hydroxylation is 1. The quantitative estimate of drug-likeness (QED) is 0.688. The van der Waals surface area contributed by atoms with Crippen LogP contribution in [0.25, 0.3) is 6.08 Å². The van der Waals surface area contributed by atoms with E-state index in [4.69, 9.17) is 14.2 Å². The van der Waals surface area contributed by atoms with Crippen molar-refractivity contribution in [3.05, 3.63) is 58.6 Å². The molecule has 0 amide bonds. The maximum absolute atomic E-state index is 13.1. The number of morpholine rings is 1. The molecule has 1 aromatic heterocycles. The van der Waals surface area contributed by atoms with Gasteiger partial charge in [0.05, 0.1) is 24.3 Å². The highest BCUT2D eigenvalue weighted by Gasteiger charge is 2.35. The number of carbonyl (C=O) groups is 1. The van der Waals surface area contributed by atoms with Crippen molar-refractivity contribution in [2.24, 2.45) is 0 Å². The predicted octanol–water partition coefficient (Wildman–Crippen LogP) is 2.88. The third kappa shape index (κ3) is 4.21. The minimum atomic E-state index is -0.0726. The Kier molecular flexibility index (Phi) is 5.72. The number of pyridine rings is 1. The highest BCUT2D eigenvalue weighted by atomic mass is 16.5. The lowest BCUT2D eigenvalue weighted by Gasteiger charge is -2.31. The average molecular weight is 421 g/mol. The van der Waals surface area contributed by atoms with Gasteiger partial charge in [0.2, 0.25) is 5.78 Å². The standard InChI is InChI=1S/C24H27N3O4/c1-17-13-20-19(15-27(16-30-20)8-2-7-26-9-11-29-12-10-26)24-22(17)23(28)21(31-24)14-18-3-5-25-6-4-18/h3-6,13-14H,2,7-12,15-16H2,1H3/b21-14-. The van der Waals surface area contributed by atoms with Gasteiger partial charge in [0.1, 0.15) is 18.2 Å². The van der Waals surface area contributed by atoms with E-state index in [1.165, 1.54) is 0 Å². The largest absolute Gasteiger partial charge is 0.478 e. The Bertz CT molecular complexity index is 1000. The fourth-order valence-corrected chi connectivity index (χ4v) is 4.37. The lowest BCUT2D eigenvalue weighted by Crippen LogP contribution is -2.39. The first-order valence-corrected chi connectivity index (χ1v) is 10.8. The Morgan fingerprint density at radius 2 is 1.90 bits per heavy atom. The van der Waals surface area contributed by atoms with E-state index in [1.807, 2.05) is 25.1 Å². The van der Waals surface area contributed by atoms with Crippen molar-refractivity contribution in [3.8, 4) is 11.5 Å². The molecule has 0 radical (unpaired) electrons. The van der Waals surface area contributed by atoms with Gasteiger partial charge < -0.3 is 14.2 Å². The van der Waals surface area contributed by atoms with Crippen LogP contribution in [-0.4, -0.2) is 66.7 Å². The second-order valence-electron chi connectivity index (χ2n) is 8.23. The number of Topliss-reactive ketones (excluding diaryl/α,β-unsaturated/α-hetero) is 1. The Morgan fingerprint density at radius 3 is 2.71 bits per heavy atom. The Morgan fingerprint density at radius 1 is 1.13 bits per heavy atom. The fourth-order valence-electron chi connectivity index (χ4n) is 4.37. The number of benzene rings is 1. The second-order valence-corrected chi connectivity index (χ2v) is 8.23. The number of aromatic nitrogens is 1. The Hall–Kier alpha value is -2.74. The molecule has 7 nitrogen and oxygen atoms in total. The number of rotatable bonds is 5. The van der Waals surface area contributed by atoms with Crippen molar-refractivity contribution in [1.29, 1.82) is 0 Å². The molecule has 3 aliphatic rings. The summed E-state index contributed by atoms with van der Waals surface area (Å²) in [7, 11) is 0. The minimum absolute atomic E-state index is 0.0726. The number of ether oxygens (including phenoxy) is 3. The van der Waals surface area contributed by atoms with Gasteiger partial charge in [-0.1, -0.05) is 0 Å². The smallest absolute Gasteiger partial charge is 0.232 e. The molecule has 0 spiro atoms. The zero-order chi connectivity index (χ0) is 21.2. The highest BCUT2D eigenvalue weighted by molar-refractivity contribution is 6.15. The lowest BCUT2D eigenvalue weighted by atomic mass is 9.98. The molecule has 0 saturated carbocycles. The van der Waals surface area contributed by atoms with Crippen LogP contribution >= 0.6 is 0 Å². The number of ketones is 1. The van der Waals surface area contributed by atoms with Gasteiger partial charge in [-0.2, -0.15) is 0 Å². The molecule has 162 valence electrons. The number of hydrogen-bond donors (Lipinski definition) is 0. The van der Waals surface area contributed by atoms with Crippen LogP contribution in [-0.2, 0) is 11.3 Å². The zero-order valence-electron chi connectivity index (χ0n) is 17.8. The SMILES string of the molecule is Cc1cc2c(c3c1C(=O)/C(=C/c1ccncc1)O3)CN(CCCN1CCOCC1)CO2. The van der Waals surface area contributed by atoms with Crippen molar-refractivity contribution in [2.75, 3.05) is 46.1 Å². The minimum Gasteiger partial charge on any atom is -0.478 e. The predicted molar refractivity (Wildman–Crippen MR) is 116 cm³/mol. The third-order valence-corrected chi connectivity index (χ3v) is 6.04. The molecule has 5 rings (SSSR count). The van der Waals surface area contributed by atoms with E-state index < -0.39 is 0 Å². The Labute approximate surface area is 182 Å². The summed E-state index contributed by atoms with van der Waals surface area (Å²) in [6.07, 6.45) is 6.25. The van der Waals surface area contributed by atoms with E-state index in [9.17, 15) is 4.79 Å². The van der Waals surface area contributed by atoms with Gasteiger partial charge in [0.25, 0.3) is 0 Å². The van der Waals surface area contributed by atoms with Gasteiger partial charge in [-0.25, -0.2) is 0 Å². The van der Waals surface area contributed by atoms with Crippen molar-refractivity contribution >= 4 is 11.9 Å². The van der Waals surface area contributed by atoms with Gasteiger partial charge in [0.15, 0.2) is 5.76 Å². The normalized spacial score (nSPS) is 20.3. The van der Waals surface area contributed by atoms with Crippen LogP contribution in [0.3, 0.4) is 0 Å². The summed E-state index contributed by atoms with van der Waals surface area (Å²) in [5, 5.41) is 0. The van der Waals surface area contributed by atoms with Crippen LogP contribution in [0.5, 0.6) is 11.5 Å². The molecule has 31 heavy (non-hydrogen) atoms. The molecule has 1 saturated heterocycles. The summed E-state index contributed by atoms with van der Waals surface area (Å²) < 4.78 is 17.6. The summed E-state index contributed by atoms with van der Waals surface area (Å²) in [5.41, 5.74) is 3.39. The van der Waals surface area contributed by atoms with Crippen LogP contribution in [0.1, 0.15) is 33.5 Å². The molecule has 0 N–H and O–H groups in total. The molecule has 1 fully saturated rings. The van der Waals surface area contributed by atoms with Crippen molar-refractivity contribution < 1.29 is 19.0 Å². The van der Waals surface area contributed by atoms with Gasteiger partial charge in [-0.15, -0.1) is 0 Å². The summed E-state index contributed by atoms with van der Waals surface area (Å²) >= 11 is 0. The van der Waals surface area contributed by atoms with Gasteiger partial charge in [-0.3, -0.25) is 19.6 Å². The van der Waals surface area contributed by atoms with Gasteiger partial charge in [-0.05, 0) is 55.3 Å². The molecule has 4 heterocycles. The van der Waals surface area contributed by atoms with E-state index in [2.05, 4.69) is 14.8 Å². The monoisotopic (exact) mass is 421 g/mol. The first-order chi connectivity index (χ1) is 15.2. The molecule has 3 aliphatic heterocycles. The maximum Gasteiger partial charge on any atom is 0.232 e. The van der Waals surface area contributed by atoms with Gasteiger partial charge >= 0.3 is 0 Å². The van der Waals surface area contributed by atoms with Crippen LogP contribution in [0.15, 0.2) is 36.4 Å². The average Bonchev–Trinajstić information content (AvgIpc) is 3.12. The summed E-state index contributed by atoms with van der Waals surface area (Å²) in [4.78, 5) is 21.8. The molecular formula is C24H27N3O4. The van der Waals surface area contributed by atoms with Crippen LogP contribution in [0, 0.1) is 6.92 Å². The van der Waals surface area contributed by atoms with Crippen molar-refractivity contribution in [1.82, 2.24) is 14.8 Å². The molecule has 2 aromatic rings. The first kappa shape index (κ1) is 20.2. The topological polar surface area (TPSA) is 64.1 Å². The molecule has 0 bridgehead atoms. The fraction of sp³-hybridized carbons (Fsp3) is 0.417.